The molecule has 0 aliphatic carbocycles. The van der Waals surface area contributed by atoms with Gasteiger partial charge in [0.1, 0.15) is 0 Å². The van der Waals surface area contributed by atoms with Crippen molar-refractivity contribution in [2.75, 3.05) is 12.4 Å². The third-order valence-corrected chi connectivity index (χ3v) is 3.97. The molecule has 1 N–H and O–H groups in total. The molecule has 0 aliphatic rings. The summed E-state index contributed by atoms with van der Waals surface area (Å²) < 4.78 is 39.5. The van der Waals surface area contributed by atoms with E-state index >= 15 is 0 Å². The number of halogens is 3. The molecular weight excluding hydrogens is 380 g/mol. The monoisotopic (exact) mass is 395 g/mol. The fourth-order valence-corrected chi connectivity index (χ4v) is 2.57. The molecule has 0 aliphatic heterocycles. The molecule has 0 unspecified atom stereocenters. The molecular formula is C18H16ClF2N3O3. The maximum absolute atomic E-state index is 12.4. The SMILES string of the molecule is COc1cc(-c2noc(CNc3cc(Cl)ccc3C)n2)ccc1OC(F)F. The van der Waals surface area contributed by atoms with E-state index < -0.39 is 6.61 Å². The van der Waals surface area contributed by atoms with Crippen LogP contribution in [0, 0.1) is 6.92 Å². The average molecular weight is 396 g/mol. The van der Waals surface area contributed by atoms with Gasteiger partial charge in [0, 0.05) is 16.3 Å². The molecule has 9 heteroatoms. The van der Waals surface area contributed by atoms with E-state index in [1.807, 2.05) is 19.1 Å². The topological polar surface area (TPSA) is 69.4 Å². The first-order valence-corrected chi connectivity index (χ1v) is 8.30. The second-order valence-corrected chi connectivity index (χ2v) is 6.01. The first-order valence-electron chi connectivity index (χ1n) is 7.92. The number of aryl methyl sites for hydroxylation is 1. The van der Waals surface area contributed by atoms with Crippen molar-refractivity contribution in [1.82, 2.24) is 10.1 Å². The van der Waals surface area contributed by atoms with Crippen LogP contribution in [-0.4, -0.2) is 23.9 Å². The normalized spacial score (nSPS) is 10.9. The molecule has 3 rings (SSSR count). The first-order chi connectivity index (χ1) is 13.0. The number of methoxy groups -OCH3 is 1. The molecule has 3 aromatic rings. The van der Waals surface area contributed by atoms with Crippen LogP contribution >= 0.6 is 11.6 Å². The summed E-state index contributed by atoms with van der Waals surface area (Å²) in [4.78, 5) is 4.30. The van der Waals surface area contributed by atoms with Gasteiger partial charge in [0.2, 0.25) is 11.7 Å². The third-order valence-electron chi connectivity index (χ3n) is 3.74. The van der Waals surface area contributed by atoms with E-state index in [0.29, 0.717) is 28.8 Å². The van der Waals surface area contributed by atoms with Crippen molar-refractivity contribution in [1.29, 1.82) is 0 Å². The minimum absolute atomic E-state index is 0.0712. The zero-order chi connectivity index (χ0) is 19.4. The Morgan fingerprint density at radius 2 is 2.00 bits per heavy atom. The van der Waals surface area contributed by atoms with Gasteiger partial charge in [0.25, 0.3) is 0 Å². The summed E-state index contributed by atoms with van der Waals surface area (Å²) in [5.41, 5.74) is 2.43. The van der Waals surface area contributed by atoms with E-state index in [4.69, 9.17) is 20.9 Å². The number of anilines is 1. The molecule has 0 saturated heterocycles. The number of benzene rings is 2. The van der Waals surface area contributed by atoms with Crippen molar-refractivity contribution in [2.45, 2.75) is 20.1 Å². The number of aromatic nitrogens is 2. The van der Waals surface area contributed by atoms with Crippen LogP contribution in [0.25, 0.3) is 11.4 Å². The number of alkyl halides is 2. The van der Waals surface area contributed by atoms with Crippen molar-refractivity contribution >= 4 is 17.3 Å². The number of rotatable bonds is 7. The van der Waals surface area contributed by atoms with E-state index in [2.05, 4.69) is 20.2 Å². The van der Waals surface area contributed by atoms with Crippen LogP contribution in [0.5, 0.6) is 11.5 Å². The summed E-state index contributed by atoms with van der Waals surface area (Å²) >= 11 is 6.00. The largest absolute Gasteiger partial charge is 0.493 e. The molecule has 142 valence electrons. The first kappa shape index (κ1) is 18.9. The molecule has 6 nitrogen and oxygen atoms in total. The molecule has 0 spiro atoms. The second kappa shape index (κ2) is 8.22. The third kappa shape index (κ3) is 4.65. The molecule has 1 heterocycles. The van der Waals surface area contributed by atoms with E-state index in [9.17, 15) is 8.78 Å². The Labute approximate surface area is 159 Å². The maximum Gasteiger partial charge on any atom is 0.387 e. The van der Waals surface area contributed by atoms with Crippen LogP contribution in [0.2, 0.25) is 5.02 Å². The summed E-state index contributed by atoms with van der Waals surface area (Å²) in [6.45, 7) is -0.687. The van der Waals surface area contributed by atoms with Crippen LogP contribution < -0.4 is 14.8 Å². The predicted molar refractivity (Wildman–Crippen MR) is 96.4 cm³/mol. The lowest BCUT2D eigenvalue weighted by Crippen LogP contribution is -2.03. The molecule has 2 aromatic carbocycles. The van der Waals surface area contributed by atoms with Crippen LogP contribution in [0.15, 0.2) is 40.9 Å². The Bertz CT molecular complexity index is 934. The highest BCUT2D eigenvalue weighted by atomic mass is 35.5. The summed E-state index contributed by atoms with van der Waals surface area (Å²) in [6, 6.07) is 9.93. The van der Waals surface area contributed by atoms with Crippen molar-refractivity contribution in [3.05, 3.63) is 52.9 Å². The van der Waals surface area contributed by atoms with Gasteiger partial charge in [-0.25, -0.2) is 0 Å². The zero-order valence-electron chi connectivity index (χ0n) is 14.5. The Hall–Kier alpha value is -2.87. The highest BCUT2D eigenvalue weighted by Crippen LogP contribution is 2.32. The maximum atomic E-state index is 12.4. The van der Waals surface area contributed by atoms with Gasteiger partial charge >= 0.3 is 6.61 Å². The summed E-state index contributed by atoms with van der Waals surface area (Å²) in [7, 11) is 1.36. The van der Waals surface area contributed by atoms with Crippen LogP contribution in [0.4, 0.5) is 14.5 Å². The lowest BCUT2D eigenvalue weighted by atomic mass is 10.2. The standard InChI is InChI=1S/C18H16ClF2N3O3/c1-10-3-5-12(19)8-13(10)22-9-16-23-17(24-27-16)11-4-6-14(26-18(20)21)15(7-11)25-2/h3-8,18,22H,9H2,1-2H3. The number of hydrogen-bond acceptors (Lipinski definition) is 6. The van der Waals surface area contributed by atoms with E-state index in [1.54, 1.807) is 12.1 Å². The van der Waals surface area contributed by atoms with Gasteiger partial charge in [0.15, 0.2) is 11.5 Å². The summed E-state index contributed by atoms with van der Waals surface area (Å²) in [6.07, 6.45) is 0. The number of ether oxygens (including phenoxy) is 2. The Kier molecular flexibility index (Phi) is 5.75. The lowest BCUT2D eigenvalue weighted by Gasteiger charge is -2.10. The number of nitrogens with one attached hydrogen (secondary N) is 1. The van der Waals surface area contributed by atoms with Crippen LogP contribution in [0.3, 0.4) is 0 Å². The van der Waals surface area contributed by atoms with E-state index in [-0.39, 0.29) is 11.5 Å². The molecule has 27 heavy (non-hydrogen) atoms. The highest BCUT2D eigenvalue weighted by molar-refractivity contribution is 6.30. The van der Waals surface area contributed by atoms with E-state index in [0.717, 1.165) is 11.3 Å². The Morgan fingerprint density at radius 3 is 2.74 bits per heavy atom. The van der Waals surface area contributed by atoms with Crippen molar-refractivity contribution < 1.29 is 22.8 Å². The molecule has 0 bridgehead atoms. The van der Waals surface area contributed by atoms with Crippen LogP contribution in [0.1, 0.15) is 11.5 Å². The zero-order valence-corrected chi connectivity index (χ0v) is 15.3. The Balaban J connectivity index is 1.74. The van der Waals surface area contributed by atoms with Crippen molar-refractivity contribution in [3.8, 4) is 22.9 Å². The van der Waals surface area contributed by atoms with Gasteiger partial charge in [-0.05, 0) is 42.8 Å². The molecule has 1 aromatic heterocycles. The van der Waals surface area contributed by atoms with Gasteiger partial charge in [0.05, 0.1) is 13.7 Å². The summed E-state index contributed by atoms with van der Waals surface area (Å²) in [5, 5.41) is 7.71. The number of hydrogen-bond donors (Lipinski definition) is 1. The average Bonchev–Trinajstić information content (AvgIpc) is 3.11. The minimum atomic E-state index is -2.94. The van der Waals surface area contributed by atoms with Crippen LogP contribution in [-0.2, 0) is 6.54 Å². The lowest BCUT2D eigenvalue weighted by molar-refractivity contribution is -0.0512. The minimum Gasteiger partial charge on any atom is -0.493 e. The van der Waals surface area contributed by atoms with Gasteiger partial charge < -0.3 is 19.3 Å². The predicted octanol–water partition coefficient (Wildman–Crippen LogP) is 4.92. The molecule has 0 radical (unpaired) electrons. The van der Waals surface area contributed by atoms with Gasteiger partial charge in [-0.15, -0.1) is 0 Å². The molecule has 0 saturated carbocycles. The molecule has 0 fully saturated rings. The number of nitrogens with zero attached hydrogens (tertiary/aromatic N) is 2. The van der Waals surface area contributed by atoms with Gasteiger partial charge in [-0.2, -0.15) is 13.8 Å². The van der Waals surface area contributed by atoms with Crippen molar-refractivity contribution in [2.24, 2.45) is 0 Å². The van der Waals surface area contributed by atoms with Gasteiger partial charge in [-0.1, -0.05) is 22.8 Å². The van der Waals surface area contributed by atoms with Gasteiger partial charge in [-0.3, -0.25) is 0 Å². The fourth-order valence-electron chi connectivity index (χ4n) is 2.40. The van der Waals surface area contributed by atoms with Crippen molar-refractivity contribution in [3.63, 3.8) is 0 Å². The quantitative estimate of drug-likeness (QED) is 0.612. The fraction of sp³-hybridized carbons (Fsp3) is 0.222. The highest BCUT2D eigenvalue weighted by Gasteiger charge is 2.15. The van der Waals surface area contributed by atoms with E-state index in [1.165, 1.54) is 19.2 Å². The second-order valence-electron chi connectivity index (χ2n) is 5.57. The molecule has 0 atom stereocenters. The smallest absolute Gasteiger partial charge is 0.387 e. The summed E-state index contributed by atoms with van der Waals surface area (Å²) in [5.74, 6) is 0.734. The molecule has 0 amide bonds. The Morgan fingerprint density at radius 1 is 1.19 bits per heavy atom.